The lowest BCUT2D eigenvalue weighted by molar-refractivity contribution is 0.141. The van der Waals surface area contributed by atoms with E-state index in [-0.39, 0.29) is 11.1 Å². The fourth-order valence-electron chi connectivity index (χ4n) is 1.33. The van der Waals surface area contributed by atoms with Crippen molar-refractivity contribution in [1.82, 2.24) is 10.2 Å². The van der Waals surface area contributed by atoms with E-state index in [1.807, 2.05) is 20.9 Å². The third-order valence-corrected chi connectivity index (χ3v) is 2.76. The van der Waals surface area contributed by atoms with E-state index in [0.717, 1.165) is 6.42 Å². The summed E-state index contributed by atoms with van der Waals surface area (Å²) in [5.41, 5.74) is 0.472. The Morgan fingerprint density at radius 1 is 1.00 bits per heavy atom. The second-order valence-corrected chi connectivity index (χ2v) is 5.02. The predicted molar refractivity (Wildman–Crippen MR) is 66.9 cm³/mol. The molecule has 0 aromatic rings. The maximum absolute atomic E-state index is 3.33. The van der Waals surface area contributed by atoms with Gasteiger partial charge in [0.05, 0.1) is 0 Å². The lowest BCUT2D eigenvalue weighted by Gasteiger charge is -2.39. The lowest BCUT2D eigenvalue weighted by atomic mass is 9.86. The first-order valence-corrected chi connectivity index (χ1v) is 5.58. The molecule has 0 saturated heterocycles. The standard InChI is InChI=1S/C10H24N2.C2H6/c1-9(2,11-5)8-10(3,4)12(6)7;1-2/h11H,8H2,1-7H3;1-2H3. The maximum Gasteiger partial charge on any atom is 0.0164 e. The van der Waals surface area contributed by atoms with Crippen LogP contribution >= 0.6 is 0 Å². The summed E-state index contributed by atoms with van der Waals surface area (Å²) in [6, 6.07) is 0. The van der Waals surface area contributed by atoms with Crippen molar-refractivity contribution in [2.75, 3.05) is 21.1 Å². The molecule has 0 fully saturated rings. The average molecular weight is 202 g/mol. The molecule has 0 rings (SSSR count). The van der Waals surface area contributed by atoms with Gasteiger partial charge in [0.25, 0.3) is 0 Å². The van der Waals surface area contributed by atoms with E-state index in [1.165, 1.54) is 0 Å². The van der Waals surface area contributed by atoms with Crippen LogP contribution in [0.5, 0.6) is 0 Å². The van der Waals surface area contributed by atoms with Gasteiger partial charge >= 0.3 is 0 Å². The molecule has 0 aliphatic rings. The molecule has 2 nitrogen and oxygen atoms in total. The average Bonchev–Trinajstić information content (AvgIpc) is 2.06. The zero-order chi connectivity index (χ0) is 12.0. The third-order valence-electron chi connectivity index (χ3n) is 2.76. The molecule has 0 unspecified atom stereocenters. The zero-order valence-electron chi connectivity index (χ0n) is 11.7. The molecule has 1 N–H and O–H groups in total. The minimum atomic E-state index is 0.216. The van der Waals surface area contributed by atoms with Crippen LogP contribution in [0.15, 0.2) is 0 Å². The van der Waals surface area contributed by atoms with E-state index < -0.39 is 0 Å². The van der Waals surface area contributed by atoms with Crippen molar-refractivity contribution in [2.45, 2.75) is 59.0 Å². The first-order chi connectivity index (χ1) is 6.21. The van der Waals surface area contributed by atoms with Gasteiger partial charge in [0.2, 0.25) is 0 Å². The Labute approximate surface area is 91.1 Å². The van der Waals surface area contributed by atoms with Gasteiger partial charge in [-0.2, -0.15) is 0 Å². The lowest BCUT2D eigenvalue weighted by Crippen LogP contribution is -2.49. The fourth-order valence-corrected chi connectivity index (χ4v) is 1.33. The normalized spacial score (nSPS) is 12.4. The van der Waals surface area contributed by atoms with Crippen LogP contribution in [0.3, 0.4) is 0 Å². The van der Waals surface area contributed by atoms with Crippen molar-refractivity contribution in [1.29, 1.82) is 0 Å². The van der Waals surface area contributed by atoms with Gasteiger partial charge in [-0.05, 0) is 55.3 Å². The Morgan fingerprint density at radius 2 is 1.36 bits per heavy atom. The van der Waals surface area contributed by atoms with E-state index >= 15 is 0 Å². The first kappa shape index (κ1) is 16.4. The minimum Gasteiger partial charge on any atom is -0.315 e. The van der Waals surface area contributed by atoms with Crippen LogP contribution < -0.4 is 5.32 Å². The molecule has 0 aliphatic heterocycles. The van der Waals surface area contributed by atoms with Crippen molar-refractivity contribution < 1.29 is 0 Å². The molecule has 0 saturated carbocycles. The summed E-state index contributed by atoms with van der Waals surface area (Å²) < 4.78 is 0. The molecule has 14 heavy (non-hydrogen) atoms. The fraction of sp³-hybridized carbons (Fsp3) is 1.00. The summed E-state index contributed by atoms with van der Waals surface area (Å²) in [5, 5.41) is 3.33. The highest BCUT2D eigenvalue weighted by atomic mass is 15.1. The Balaban J connectivity index is 0. The Morgan fingerprint density at radius 3 is 1.57 bits per heavy atom. The molecule has 0 atom stereocenters. The number of nitrogens with one attached hydrogen (secondary N) is 1. The Hall–Kier alpha value is -0.0800. The summed E-state index contributed by atoms with van der Waals surface area (Å²) in [5.74, 6) is 0. The molecule has 0 radical (unpaired) electrons. The predicted octanol–water partition coefficient (Wildman–Crippen LogP) is 2.74. The molecule has 0 heterocycles. The monoisotopic (exact) mass is 202 g/mol. The molecule has 0 bridgehead atoms. The molecule has 0 amide bonds. The van der Waals surface area contributed by atoms with Gasteiger partial charge in [-0.3, -0.25) is 0 Å². The van der Waals surface area contributed by atoms with Crippen LogP contribution in [-0.2, 0) is 0 Å². The van der Waals surface area contributed by atoms with Crippen molar-refractivity contribution in [3.05, 3.63) is 0 Å². The minimum absolute atomic E-state index is 0.216. The summed E-state index contributed by atoms with van der Waals surface area (Å²) >= 11 is 0. The van der Waals surface area contributed by atoms with Crippen molar-refractivity contribution >= 4 is 0 Å². The number of nitrogens with zero attached hydrogens (tertiary/aromatic N) is 1. The molecule has 0 spiro atoms. The SMILES string of the molecule is CC.CNC(C)(C)CC(C)(C)N(C)C. The first-order valence-electron chi connectivity index (χ1n) is 5.58. The molecule has 0 aromatic heterocycles. The Bertz CT molecular complexity index is 137. The molecule has 88 valence electrons. The molecule has 0 aromatic carbocycles. The summed E-state index contributed by atoms with van der Waals surface area (Å²) in [6.07, 6.45) is 1.14. The van der Waals surface area contributed by atoms with Crippen molar-refractivity contribution in [3.8, 4) is 0 Å². The number of hydrogen-bond donors (Lipinski definition) is 1. The van der Waals surface area contributed by atoms with Crippen LogP contribution in [-0.4, -0.2) is 37.1 Å². The smallest absolute Gasteiger partial charge is 0.0164 e. The molecular formula is C12H30N2. The van der Waals surface area contributed by atoms with Gasteiger partial charge < -0.3 is 10.2 Å². The second kappa shape index (κ2) is 6.41. The van der Waals surface area contributed by atoms with Crippen LogP contribution in [0.2, 0.25) is 0 Å². The van der Waals surface area contributed by atoms with E-state index in [2.05, 4.69) is 52.0 Å². The van der Waals surface area contributed by atoms with Gasteiger partial charge in [0.1, 0.15) is 0 Å². The summed E-state index contributed by atoms with van der Waals surface area (Å²) in [6.45, 7) is 13.0. The van der Waals surface area contributed by atoms with Crippen molar-refractivity contribution in [3.63, 3.8) is 0 Å². The van der Waals surface area contributed by atoms with E-state index in [0.29, 0.717) is 0 Å². The van der Waals surface area contributed by atoms with Crippen molar-refractivity contribution in [2.24, 2.45) is 0 Å². The highest BCUT2D eigenvalue weighted by Gasteiger charge is 2.28. The summed E-state index contributed by atoms with van der Waals surface area (Å²) in [4.78, 5) is 2.27. The van der Waals surface area contributed by atoms with Gasteiger partial charge in [-0.1, -0.05) is 13.8 Å². The summed E-state index contributed by atoms with van der Waals surface area (Å²) in [7, 11) is 6.28. The Kier molecular flexibility index (Phi) is 7.49. The van der Waals surface area contributed by atoms with Crippen LogP contribution in [0.1, 0.15) is 48.0 Å². The van der Waals surface area contributed by atoms with Crippen LogP contribution in [0.4, 0.5) is 0 Å². The zero-order valence-corrected chi connectivity index (χ0v) is 11.7. The second-order valence-electron chi connectivity index (χ2n) is 5.02. The van der Waals surface area contributed by atoms with Gasteiger partial charge in [0.15, 0.2) is 0 Å². The number of rotatable bonds is 4. The molecular weight excluding hydrogens is 172 g/mol. The highest BCUT2D eigenvalue weighted by molar-refractivity contribution is 4.88. The van der Waals surface area contributed by atoms with E-state index in [4.69, 9.17) is 0 Å². The molecule has 0 aliphatic carbocycles. The highest BCUT2D eigenvalue weighted by Crippen LogP contribution is 2.23. The van der Waals surface area contributed by atoms with E-state index in [1.54, 1.807) is 0 Å². The largest absolute Gasteiger partial charge is 0.315 e. The van der Waals surface area contributed by atoms with Gasteiger partial charge in [0, 0.05) is 11.1 Å². The van der Waals surface area contributed by atoms with Gasteiger partial charge in [-0.15, -0.1) is 0 Å². The van der Waals surface area contributed by atoms with Crippen LogP contribution in [0, 0.1) is 0 Å². The quantitative estimate of drug-likeness (QED) is 0.754. The maximum atomic E-state index is 3.33. The molecule has 2 heteroatoms. The third kappa shape index (κ3) is 6.39. The van der Waals surface area contributed by atoms with E-state index in [9.17, 15) is 0 Å². The topological polar surface area (TPSA) is 15.3 Å². The van der Waals surface area contributed by atoms with Gasteiger partial charge in [-0.25, -0.2) is 0 Å². The van der Waals surface area contributed by atoms with Crippen LogP contribution in [0.25, 0.3) is 0 Å². The number of hydrogen-bond acceptors (Lipinski definition) is 2.